The average Bonchev–Trinajstić information content (AvgIpc) is 3.01. The predicted molar refractivity (Wildman–Crippen MR) is 154 cm³/mol. The van der Waals surface area contributed by atoms with Crippen molar-refractivity contribution in [3.05, 3.63) is 63.7 Å². The lowest BCUT2D eigenvalue weighted by Gasteiger charge is -2.30. The van der Waals surface area contributed by atoms with E-state index in [9.17, 15) is 10.1 Å². The summed E-state index contributed by atoms with van der Waals surface area (Å²) >= 11 is 0. The van der Waals surface area contributed by atoms with E-state index < -0.39 is 4.92 Å². The summed E-state index contributed by atoms with van der Waals surface area (Å²) in [5.41, 5.74) is 4.25. The van der Waals surface area contributed by atoms with Crippen molar-refractivity contribution < 1.29 is 14.4 Å². The van der Waals surface area contributed by atoms with Crippen LogP contribution in [-0.2, 0) is 6.61 Å². The maximum atomic E-state index is 11.3. The van der Waals surface area contributed by atoms with Gasteiger partial charge < -0.3 is 19.3 Å². The molecule has 0 atom stereocenters. The maximum absolute atomic E-state index is 11.3. The number of nitro groups is 1. The minimum Gasteiger partial charge on any atom is -0.493 e. The molecule has 0 radical (unpaired) electrons. The van der Waals surface area contributed by atoms with E-state index in [0.29, 0.717) is 34.9 Å². The van der Waals surface area contributed by atoms with Gasteiger partial charge in [-0.25, -0.2) is 5.43 Å². The Hall–Kier alpha value is -4.48. The number of methoxy groups -OCH3 is 1. The van der Waals surface area contributed by atoms with Crippen molar-refractivity contribution >= 4 is 29.7 Å². The van der Waals surface area contributed by atoms with E-state index in [1.165, 1.54) is 18.9 Å². The molecule has 0 aliphatic carbocycles. The number of aromatic nitrogens is 3. The summed E-state index contributed by atoms with van der Waals surface area (Å²) in [6, 6.07) is 11.9. The molecule has 5 rings (SSSR count). The van der Waals surface area contributed by atoms with Crippen molar-refractivity contribution in [1.29, 1.82) is 0 Å². The third-order valence-corrected chi connectivity index (χ3v) is 7.03. The van der Waals surface area contributed by atoms with Gasteiger partial charge in [0.05, 0.1) is 23.8 Å². The van der Waals surface area contributed by atoms with Crippen LogP contribution in [0.2, 0.25) is 0 Å². The molecule has 1 N–H and O–H groups in total. The van der Waals surface area contributed by atoms with E-state index in [1.54, 1.807) is 43.7 Å². The zero-order chi connectivity index (χ0) is 27.7. The molecule has 12 heteroatoms. The number of nitrogens with one attached hydrogen (secondary N) is 1. The van der Waals surface area contributed by atoms with Crippen molar-refractivity contribution in [2.24, 2.45) is 5.10 Å². The van der Waals surface area contributed by atoms with Crippen LogP contribution in [0.3, 0.4) is 0 Å². The number of hydrazone groups is 1. The molecule has 2 saturated heterocycles. The number of anilines is 3. The molecule has 2 fully saturated rings. The fraction of sp³-hybridized carbons (Fsp3) is 0.429. The second-order valence-electron chi connectivity index (χ2n) is 9.81. The molecule has 1 aromatic heterocycles. The predicted octanol–water partition coefficient (Wildman–Crippen LogP) is 4.79. The number of nitrogens with zero attached hydrogens (tertiary/aromatic N) is 7. The van der Waals surface area contributed by atoms with Crippen LogP contribution in [-0.4, -0.2) is 59.4 Å². The van der Waals surface area contributed by atoms with Gasteiger partial charge in [-0.05, 0) is 68.4 Å². The standard InChI is InChI=1S/C28H34N8O4/c1-39-25-18-21(12-13-24(25)40-20-22-10-4-5-11-23(22)36(37)38)19-29-33-26-30-27(34-14-6-2-7-15-34)32-28(31-26)35-16-8-3-9-17-35/h4-5,10-13,18-19H,2-3,6-9,14-17,20H2,1H3,(H,30,31,32,33)/b29-19-. The number of rotatable bonds is 10. The fourth-order valence-corrected chi connectivity index (χ4v) is 4.89. The van der Waals surface area contributed by atoms with Crippen LogP contribution in [0.15, 0.2) is 47.6 Å². The van der Waals surface area contributed by atoms with E-state index in [-0.39, 0.29) is 12.3 Å². The monoisotopic (exact) mass is 546 g/mol. The lowest BCUT2D eigenvalue weighted by atomic mass is 10.1. The molecular weight excluding hydrogens is 512 g/mol. The maximum Gasteiger partial charge on any atom is 0.276 e. The quantitative estimate of drug-likeness (QED) is 0.215. The van der Waals surface area contributed by atoms with E-state index in [0.717, 1.165) is 57.4 Å². The number of para-hydroxylation sites is 1. The van der Waals surface area contributed by atoms with Gasteiger partial charge in [-0.1, -0.05) is 12.1 Å². The van der Waals surface area contributed by atoms with Crippen LogP contribution >= 0.6 is 0 Å². The Kier molecular flexibility index (Phi) is 8.84. The van der Waals surface area contributed by atoms with Crippen molar-refractivity contribution in [3.63, 3.8) is 0 Å². The Labute approximate surface area is 233 Å². The molecule has 210 valence electrons. The fourth-order valence-electron chi connectivity index (χ4n) is 4.89. The molecule has 2 aliphatic heterocycles. The molecule has 0 spiro atoms. The van der Waals surface area contributed by atoms with Gasteiger partial charge in [-0.3, -0.25) is 10.1 Å². The summed E-state index contributed by atoms with van der Waals surface area (Å²) in [6.07, 6.45) is 8.65. The van der Waals surface area contributed by atoms with Crippen LogP contribution < -0.4 is 24.7 Å². The largest absolute Gasteiger partial charge is 0.493 e. The van der Waals surface area contributed by atoms with Gasteiger partial charge in [0.1, 0.15) is 6.61 Å². The Morgan fingerprint density at radius 3 is 2.20 bits per heavy atom. The highest BCUT2D eigenvalue weighted by Gasteiger charge is 2.20. The van der Waals surface area contributed by atoms with Gasteiger partial charge in [-0.2, -0.15) is 20.1 Å². The normalized spacial score (nSPS) is 15.7. The molecule has 3 heterocycles. The highest BCUT2D eigenvalue weighted by Crippen LogP contribution is 2.30. The summed E-state index contributed by atoms with van der Waals surface area (Å²) in [4.78, 5) is 29.4. The van der Waals surface area contributed by atoms with Crippen molar-refractivity contribution in [3.8, 4) is 11.5 Å². The third kappa shape index (κ3) is 6.74. The molecular formula is C28H34N8O4. The Balaban J connectivity index is 1.29. The van der Waals surface area contributed by atoms with Crippen molar-refractivity contribution in [1.82, 2.24) is 15.0 Å². The van der Waals surface area contributed by atoms with Crippen LogP contribution in [0.25, 0.3) is 0 Å². The molecule has 2 aromatic carbocycles. The third-order valence-electron chi connectivity index (χ3n) is 7.03. The van der Waals surface area contributed by atoms with Gasteiger partial charge in [0.25, 0.3) is 5.69 Å². The number of ether oxygens (including phenoxy) is 2. The van der Waals surface area contributed by atoms with Crippen molar-refractivity contribution in [2.45, 2.75) is 45.1 Å². The average molecular weight is 547 g/mol. The summed E-state index contributed by atoms with van der Waals surface area (Å²) in [5.74, 6) is 2.75. The van der Waals surface area contributed by atoms with Crippen LogP contribution in [0.1, 0.15) is 49.7 Å². The second-order valence-corrected chi connectivity index (χ2v) is 9.81. The van der Waals surface area contributed by atoms with Gasteiger partial charge in [0.15, 0.2) is 11.5 Å². The SMILES string of the molecule is COc1cc(/C=N\Nc2nc(N3CCCCC3)nc(N3CCCCC3)n2)ccc1OCc1ccccc1[N+](=O)[O-]. The van der Waals surface area contributed by atoms with E-state index in [2.05, 4.69) is 30.3 Å². The smallest absolute Gasteiger partial charge is 0.276 e. The van der Waals surface area contributed by atoms with Crippen LogP contribution in [0.4, 0.5) is 23.5 Å². The molecule has 12 nitrogen and oxygen atoms in total. The highest BCUT2D eigenvalue weighted by atomic mass is 16.6. The lowest BCUT2D eigenvalue weighted by Crippen LogP contribution is -2.34. The number of nitro benzene ring substituents is 1. The first-order valence-electron chi connectivity index (χ1n) is 13.7. The lowest BCUT2D eigenvalue weighted by molar-refractivity contribution is -0.385. The summed E-state index contributed by atoms with van der Waals surface area (Å²) in [5, 5.41) is 15.7. The van der Waals surface area contributed by atoms with Gasteiger partial charge in [0, 0.05) is 32.2 Å². The van der Waals surface area contributed by atoms with E-state index in [4.69, 9.17) is 14.5 Å². The Bertz CT molecular complexity index is 1300. The number of benzene rings is 2. The van der Waals surface area contributed by atoms with Gasteiger partial charge in [0.2, 0.25) is 17.8 Å². The summed E-state index contributed by atoms with van der Waals surface area (Å²) < 4.78 is 11.3. The van der Waals surface area contributed by atoms with Gasteiger partial charge in [-0.15, -0.1) is 0 Å². The molecule has 40 heavy (non-hydrogen) atoms. The first-order chi connectivity index (χ1) is 19.6. The van der Waals surface area contributed by atoms with Crippen LogP contribution in [0, 0.1) is 10.1 Å². The van der Waals surface area contributed by atoms with Crippen LogP contribution in [0.5, 0.6) is 11.5 Å². The second kappa shape index (κ2) is 13.0. The highest BCUT2D eigenvalue weighted by molar-refractivity contribution is 5.81. The first kappa shape index (κ1) is 27.1. The molecule has 0 amide bonds. The zero-order valence-corrected chi connectivity index (χ0v) is 22.7. The van der Waals surface area contributed by atoms with E-state index >= 15 is 0 Å². The van der Waals surface area contributed by atoms with Crippen molar-refractivity contribution in [2.75, 3.05) is 48.5 Å². The zero-order valence-electron chi connectivity index (χ0n) is 22.7. The number of hydrogen-bond acceptors (Lipinski definition) is 11. The summed E-state index contributed by atoms with van der Waals surface area (Å²) in [6.45, 7) is 3.81. The topological polar surface area (TPSA) is 131 Å². The molecule has 0 bridgehead atoms. The molecule has 2 aliphatic rings. The Morgan fingerprint density at radius 2 is 1.57 bits per heavy atom. The minimum absolute atomic E-state index is 0.0153. The molecule has 3 aromatic rings. The molecule has 0 unspecified atom stereocenters. The summed E-state index contributed by atoms with van der Waals surface area (Å²) in [7, 11) is 1.54. The van der Waals surface area contributed by atoms with Gasteiger partial charge >= 0.3 is 0 Å². The van der Waals surface area contributed by atoms with E-state index in [1.807, 2.05) is 6.07 Å². The number of hydrogen-bond donors (Lipinski definition) is 1. The Morgan fingerprint density at radius 1 is 0.925 bits per heavy atom. The minimum atomic E-state index is -0.417. The number of piperidine rings is 2. The first-order valence-corrected chi connectivity index (χ1v) is 13.7. The molecule has 0 saturated carbocycles.